The lowest BCUT2D eigenvalue weighted by Gasteiger charge is -2.33. The first kappa shape index (κ1) is 18.5. The Hall–Kier alpha value is -1.81. The predicted octanol–water partition coefficient (Wildman–Crippen LogP) is 3.53. The minimum absolute atomic E-state index is 0.0193. The van der Waals surface area contributed by atoms with Gasteiger partial charge >= 0.3 is 6.18 Å². The Bertz CT molecular complexity index is 893. The number of pyridine rings is 1. The van der Waals surface area contributed by atoms with E-state index >= 15 is 0 Å². The van der Waals surface area contributed by atoms with E-state index in [1.54, 1.807) is 6.20 Å². The lowest BCUT2D eigenvalue weighted by Crippen LogP contribution is -2.43. The number of nitrogens with one attached hydrogen (secondary N) is 2. The van der Waals surface area contributed by atoms with Gasteiger partial charge in [-0.15, -0.1) is 0 Å². The average Bonchev–Trinajstić information content (AvgIpc) is 3.33. The molecule has 0 aromatic carbocycles. The third-order valence-electron chi connectivity index (χ3n) is 5.38. The van der Waals surface area contributed by atoms with E-state index in [9.17, 15) is 18.0 Å². The van der Waals surface area contributed by atoms with Crippen LogP contribution in [-0.2, 0) is 4.79 Å². The molecule has 1 unspecified atom stereocenters. The molecule has 3 heterocycles. The molecular weight excluding hydrogens is 427 g/mol. The molecule has 1 saturated carbocycles. The summed E-state index contributed by atoms with van der Waals surface area (Å²) in [6.45, 7) is 1.40. The zero-order chi connectivity index (χ0) is 19.4. The molecule has 2 fully saturated rings. The van der Waals surface area contributed by atoms with Gasteiger partial charge in [-0.05, 0) is 41.6 Å². The SMILES string of the molecule is NC1CCCN(c2c(Br)cnc3[nH]cc(NC(=O)C4(C(F)(F)F)CC4)c23)C1. The molecule has 27 heavy (non-hydrogen) atoms. The minimum atomic E-state index is -4.55. The Morgan fingerprint density at radius 3 is 2.81 bits per heavy atom. The van der Waals surface area contributed by atoms with Gasteiger partial charge in [-0.25, -0.2) is 4.98 Å². The van der Waals surface area contributed by atoms with Gasteiger partial charge in [-0.3, -0.25) is 4.79 Å². The summed E-state index contributed by atoms with van der Waals surface area (Å²) in [5.74, 6) is -1.02. The molecule has 0 spiro atoms. The smallest absolute Gasteiger partial charge is 0.368 e. The van der Waals surface area contributed by atoms with E-state index in [2.05, 4.69) is 36.1 Å². The number of alkyl halides is 3. The summed E-state index contributed by atoms with van der Waals surface area (Å²) < 4.78 is 40.5. The molecule has 6 nitrogen and oxygen atoms in total. The van der Waals surface area contributed by atoms with Crippen LogP contribution in [0.2, 0.25) is 0 Å². The maximum Gasteiger partial charge on any atom is 0.403 e. The Morgan fingerprint density at radius 1 is 1.44 bits per heavy atom. The predicted molar refractivity (Wildman–Crippen MR) is 99.6 cm³/mol. The number of nitrogens with zero attached hydrogens (tertiary/aromatic N) is 2. The number of piperidine rings is 1. The quantitative estimate of drug-likeness (QED) is 0.674. The van der Waals surface area contributed by atoms with Crippen LogP contribution in [0, 0.1) is 5.41 Å². The highest BCUT2D eigenvalue weighted by molar-refractivity contribution is 9.10. The van der Waals surface area contributed by atoms with E-state index < -0.39 is 17.5 Å². The molecule has 1 aliphatic heterocycles. The number of carbonyl (C=O) groups excluding carboxylic acids is 1. The van der Waals surface area contributed by atoms with Crippen LogP contribution in [-0.4, -0.2) is 41.2 Å². The third kappa shape index (κ3) is 3.08. The van der Waals surface area contributed by atoms with Crippen LogP contribution in [0.25, 0.3) is 11.0 Å². The molecular formula is C17H19BrF3N5O. The number of nitrogens with two attached hydrogens (primary N) is 1. The summed E-state index contributed by atoms with van der Waals surface area (Å²) in [5.41, 5.74) is 5.39. The number of rotatable bonds is 3. The van der Waals surface area contributed by atoms with Gasteiger partial charge in [0.2, 0.25) is 5.91 Å². The van der Waals surface area contributed by atoms with Crippen LogP contribution < -0.4 is 16.0 Å². The summed E-state index contributed by atoms with van der Waals surface area (Å²) in [5, 5.41) is 3.07. The number of anilines is 2. The highest BCUT2D eigenvalue weighted by Crippen LogP contribution is 2.58. The highest BCUT2D eigenvalue weighted by Gasteiger charge is 2.68. The van der Waals surface area contributed by atoms with Gasteiger partial charge in [-0.1, -0.05) is 0 Å². The van der Waals surface area contributed by atoms with Crippen LogP contribution in [0.3, 0.4) is 0 Å². The number of amides is 1. The number of halogens is 4. The number of fused-ring (bicyclic) bond motifs is 1. The third-order valence-corrected chi connectivity index (χ3v) is 5.96. The molecule has 2 aromatic heterocycles. The molecule has 2 aromatic rings. The van der Waals surface area contributed by atoms with E-state index in [-0.39, 0.29) is 18.9 Å². The summed E-state index contributed by atoms with van der Waals surface area (Å²) in [4.78, 5) is 21.7. The van der Waals surface area contributed by atoms with Gasteiger partial charge in [0, 0.05) is 31.5 Å². The van der Waals surface area contributed by atoms with Crippen molar-refractivity contribution in [3.63, 3.8) is 0 Å². The van der Waals surface area contributed by atoms with Gasteiger partial charge in [0.25, 0.3) is 0 Å². The summed E-state index contributed by atoms with van der Waals surface area (Å²) >= 11 is 3.49. The fourth-order valence-corrected chi connectivity index (χ4v) is 4.23. The molecule has 4 rings (SSSR count). The molecule has 1 amide bonds. The number of hydrogen-bond donors (Lipinski definition) is 3. The molecule has 0 radical (unpaired) electrons. The van der Waals surface area contributed by atoms with Crippen molar-refractivity contribution in [3.8, 4) is 0 Å². The lowest BCUT2D eigenvalue weighted by molar-refractivity contribution is -0.189. The summed E-state index contributed by atoms with van der Waals surface area (Å²) in [6, 6.07) is 0.0193. The van der Waals surface area contributed by atoms with Crippen molar-refractivity contribution in [3.05, 3.63) is 16.9 Å². The first-order chi connectivity index (χ1) is 12.7. The number of aromatic amines is 1. The van der Waals surface area contributed by atoms with Crippen LogP contribution in [0.4, 0.5) is 24.5 Å². The van der Waals surface area contributed by atoms with E-state index in [4.69, 9.17) is 5.73 Å². The molecule has 4 N–H and O–H groups in total. The fourth-order valence-electron chi connectivity index (χ4n) is 3.68. The maximum absolute atomic E-state index is 13.3. The standard InChI is InChI=1S/C17H19BrF3N5O/c18-10-6-23-14-12(13(10)26-5-1-2-9(22)8-26)11(7-24-14)25-15(27)16(3-4-16)17(19,20)21/h6-7,9H,1-5,8,22H2,(H,23,24)(H,25,27). The van der Waals surface area contributed by atoms with Crippen molar-refractivity contribution in [1.82, 2.24) is 9.97 Å². The van der Waals surface area contributed by atoms with Crippen LogP contribution in [0.15, 0.2) is 16.9 Å². The van der Waals surface area contributed by atoms with Gasteiger partial charge in [0.15, 0.2) is 0 Å². The summed E-state index contributed by atoms with van der Waals surface area (Å²) in [7, 11) is 0. The van der Waals surface area contributed by atoms with Gasteiger partial charge in [0.05, 0.1) is 21.2 Å². The lowest BCUT2D eigenvalue weighted by atomic mass is 10.0. The molecule has 0 bridgehead atoms. The van der Waals surface area contributed by atoms with E-state index in [1.807, 2.05) is 0 Å². The minimum Gasteiger partial charge on any atom is -0.368 e. The Balaban J connectivity index is 1.72. The van der Waals surface area contributed by atoms with E-state index in [0.717, 1.165) is 25.1 Å². The Labute approximate surface area is 161 Å². The number of hydrogen-bond acceptors (Lipinski definition) is 4. The molecule has 2 aliphatic rings. The van der Waals surface area contributed by atoms with Crippen LogP contribution in [0.5, 0.6) is 0 Å². The van der Waals surface area contributed by atoms with Crippen LogP contribution in [0.1, 0.15) is 25.7 Å². The Kier molecular flexibility index (Phi) is 4.38. The fraction of sp³-hybridized carbons (Fsp3) is 0.529. The number of H-pyrrole nitrogens is 1. The monoisotopic (exact) mass is 445 g/mol. The van der Waals surface area contributed by atoms with Gasteiger partial charge in [-0.2, -0.15) is 13.2 Å². The van der Waals surface area contributed by atoms with Crippen LogP contribution >= 0.6 is 15.9 Å². The van der Waals surface area contributed by atoms with Crippen molar-refractivity contribution in [1.29, 1.82) is 0 Å². The average molecular weight is 446 g/mol. The van der Waals surface area contributed by atoms with Gasteiger partial charge < -0.3 is 20.9 Å². The zero-order valence-electron chi connectivity index (χ0n) is 14.4. The molecule has 1 atom stereocenters. The van der Waals surface area contributed by atoms with Gasteiger partial charge in [0.1, 0.15) is 11.1 Å². The van der Waals surface area contributed by atoms with Crippen molar-refractivity contribution in [2.45, 2.75) is 37.9 Å². The molecule has 1 saturated heterocycles. The second-order valence-corrected chi connectivity index (χ2v) is 8.12. The zero-order valence-corrected chi connectivity index (χ0v) is 16.0. The van der Waals surface area contributed by atoms with Crippen molar-refractivity contribution >= 4 is 44.2 Å². The second kappa shape index (κ2) is 6.37. The highest BCUT2D eigenvalue weighted by atomic mass is 79.9. The first-order valence-electron chi connectivity index (χ1n) is 8.77. The summed E-state index contributed by atoms with van der Waals surface area (Å²) in [6.07, 6.45) is 0.0547. The molecule has 1 aliphatic carbocycles. The number of carbonyl (C=O) groups is 1. The van der Waals surface area contributed by atoms with Crippen molar-refractivity contribution < 1.29 is 18.0 Å². The normalized spacial score (nSPS) is 22.1. The second-order valence-electron chi connectivity index (χ2n) is 7.26. The van der Waals surface area contributed by atoms with E-state index in [0.29, 0.717) is 27.7 Å². The topological polar surface area (TPSA) is 87.0 Å². The van der Waals surface area contributed by atoms with Crippen molar-refractivity contribution in [2.75, 3.05) is 23.3 Å². The number of aromatic nitrogens is 2. The molecule has 10 heteroatoms. The maximum atomic E-state index is 13.3. The first-order valence-corrected chi connectivity index (χ1v) is 9.56. The Morgan fingerprint density at radius 2 is 2.19 bits per heavy atom. The largest absolute Gasteiger partial charge is 0.403 e. The van der Waals surface area contributed by atoms with Crippen molar-refractivity contribution in [2.24, 2.45) is 11.1 Å². The van der Waals surface area contributed by atoms with E-state index in [1.165, 1.54) is 6.20 Å². The molecule has 146 valence electrons.